The van der Waals surface area contributed by atoms with Gasteiger partial charge in [0.1, 0.15) is 5.60 Å². The minimum Gasteiger partial charge on any atom is -0.455 e. The first-order valence-corrected chi connectivity index (χ1v) is 14.8. The second kappa shape index (κ2) is 8.93. The number of carbonyl (C=O) groups is 1. The summed E-state index contributed by atoms with van der Waals surface area (Å²) in [6, 6.07) is 0. The van der Waals surface area contributed by atoms with Gasteiger partial charge in [0, 0.05) is 18.4 Å². The Morgan fingerprint density at radius 3 is 2.44 bits per heavy atom. The Labute approximate surface area is 208 Å². The predicted molar refractivity (Wildman–Crippen MR) is 137 cm³/mol. The summed E-state index contributed by atoms with van der Waals surface area (Å²) in [5.74, 6) is 2.91. The third-order valence-electron chi connectivity index (χ3n) is 12.2. The lowest BCUT2D eigenvalue weighted by Gasteiger charge is -2.65. The van der Waals surface area contributed by atoms with E-state index in [2.05, 4.69) is 27.4 Å². The Bertz CT molecular complexity index is 786. The normalized spacial score (nSPS) is 47.9. The van der Waals surface area contributed by atoms with Crippen molar-refractivity contribution in [1.82, 2.24) is 0 Å². The molecule has 192 valence electrons. The van der Waals surface area contributed by atoms with Crippen LogP contribution in [0.15, 0.2) is 12.2 Å². The molecule has 34 heavy (non-hydrogen) atoms. The first-order valence-electron chi connectivity index (χ1n) is 14.8. The molecular formula is C31H50O3. The van der Waals surface area contributed by atoms with E-state index >= 15 is 0 Å². The van der Waals surface area contributed by atoms with Crippen LogP contribution in [0.25, 0.3) is 0 Å². The van der Waals surface area contributed by atoms with Crippen LogP contribution in [0.5, 0.6) is 0 Å². The van der Waals surface area contributed by atoms with E-state index in [0.717, 1.165) is 43.4 Å². The zero-order valence-corrected chi connectivity index (χ0v) is 22.3. The Hall–Kier alpha value is -0.830. The molecule has 5 rings (SSSR count). The molecule has 3 nitrogen and oxygen atoms in total. The number of hydrogen-bond donors (Lipinski definition) is 1. The maximum absolute atomic E-state index is 12.1. The summed E-state index contributed by atoms with van der Waals surface area (Å²) < 4.78 is 5.87. The topological polar surface area (TPSA) is 46.5 Å². The summed E-state index contributed by atoms with van der Waals surface area (Å²) in [6.45, 7) is 11.3. The van der Waals surface area contributed by atoms with E-state index in [-0.39, 0.29) is 11.4 Å². The summed E-state index contributed by atoms with van der Waals surface area (Å²) in [6.07, 6.45) is 20.5. The first kappa shape index (κ1) is 24.8. The van der Waals surface area contributed by atoms with Crippen molar-refractivity contribution in [3.05, 3.63) is 12.2 Å². The Morgan fingerprint density at radius 1 is 0.941 bits per heavy atom. The van der Waals surface area contributed by atoms with Crippen LogP contribution < -0.4 is 0 Å². The summed E-state index contributed by atoms with van der Waals surface area (Å²) in [5.41, 5.74) is -0.131. The molecule has 3 heteroatoms. The van der Waals surface area contributed by atoms with Crippen molar-refractivity contribution < 1.29 is 14.6 Å². The van der Waals surface area contributed by atoms with Gasteiger partial charge in [0.15, 0.2) is 0 Å². The number of fused-ring (bicyclic) bond motifs is 5. The van der Waals surface area contributed by atoms with Crippen LogP contribution in [0.1, 0.15) is 130 Å². The van der Waals surface area contributed by atoms with Gasteiger partial charge in [0.2, 0.25) is 0 Å². The molecule has 5 fully saturated rings. The molecule has 0 aromatic carbocycles. The van der Waals surface area contributed by atoms with E-state index in [1.807, 2.05) is 0 Å². The van der Waals surface area contributed by atoms with E-state index in [0.29, 0.717) is 29.7 Å². The second-order valence-corrected chi connectivity index (χ2v) is 13.8. The molecule has 1 N–H and O–H groups in total. The van der Waals surface area contributed by atoms with Crippen LogP contribution in [0.4, 0.5) is 0 Å². The van der Waals surface area contributed by atoms with Gasteiger partial charge in [0.25, 0.3) is 0 Å². The number of carbonyl (C=O) groups excluding carboxylic acids is 1. The average molecular weight is 471 g/mol. The van der Waals surface area contributed by atoms with Crippen molar-refractivity contribution in [3.63, 3.8) is 0 Å². The van der Waals surface area contributed by atoms with Gasteiger partial charge in [0.05, 0.1) is 5.60 Å². The molecule has 0 aromatic rings. The second-order valence-electron chi connectivity index (χ2n) is 13.8. The van der Waals surface area contributed by atoms with Crippen LogP contribution in [-0.2, 0) is 9.53 Å². The van der Waals surface area contributed by atoms with E-state index < -0.39 is 11.2 Å². The number of unbranched alkanes of at least 4 members (excludes halogenated alkanes) is 5. The monoisotopic (exact) mass is 470 g/mol. The molecule has 5 aliphatic rings. The molecule has 0 bridgehead atoms. The number of esters is 1. The molecule has 0 unspecified atom stereocenters. The molecule has 1 aliphatic heterocycles. The van der Waals surface area contributed by atoms with Gasteiger partial charge in [-0.15, -0.1) is 0 Å². The highest BCUT2D eigenvalue weighted by molar-refractivity contribution is 5.90. The third-order valence-corrected chi connectivity index (χ3v) is 12.2. The van der Waals surface area contributed by atoms with Gasteiger partial charge in [-0.05, 0) is 92.3 Å². The fraction of sp³-hybridized carbons (Fsp3) is 0.903. The van der Waals surface area contributed by atoms with E-state index in [4.69, 9.17) is 4.74 Å². The molecule has 0 radical (unpaired) electrons. The van der Waals surface area contributed by atoms with Crippen LogP contribution >= 0.6 is 0 Å². The Kier molecular flexibility index (Phi) is 6.52. The molecule has 4 saturated carbocycles. The zero-order valence-electron chi connectivity index (χ0n) is 22.3. The Balaban J connectivity index is 1.26. The molecule has 1 spiro atoms. The highest BCUT2D eigenvalue weighted by Gasteiger charge is 2.67. The van der Waals surface area contributed by atoms with Crippen molar-refractivity contribution in [1.29, 1.82) is 0 Å². The fourth-order valence-corrected chi connectivity index (χ4v) is 10.1. The Morgan fingerprint density at radius 2 is 1.71 bits per heavy atom. The highest BCUT2D eigenvalue weighted by atomic mass is 16.6. The predicted octanol–water partition coefficient (Wildman–Crippen LogP) is 7.75. The van der Waals surface area contributed by atoms with Crippen LogP contribution in [0.3, 0.4) is 0 Å². The molecule has 0 aromatic heterocycles. The van der Waals surface area contributed by atoms with Gasteiger partial charge >= 0.3 is 5.97 Å². The fourth-order valence-electron chi connectivity index (χ4n) is 10.1. The molecule has 1 heterocycles. The minimum atomic E-state index is -0.707. The van der Waals surface area contributed by atoms with Crippen LogP contribution in [-0.4, -0.2) is 22.3 Å². The summed E-state index contributed by atoms with van der Waals surface area (Å²) in [4.78, 5) is 12.1. The van der Waals surface area contributed by atoms with Gasteiger partial charge in [-0.25, -0.2) is 4.79 Å². The number of aliphatic hydroxyl groups is 1. The smallest absolute Gasteiger partial charge is 0.334 e. The summed E-state index contributed by atoms with van der Waals surface area (Å²) in [5, 5.41) is 12.1. The van der Waals surface area contributed by atoms with Gasteiger partial charge < -0.3 is 9.84 Å². The molecular weight excluding hydrogens is 420 g/mol. The van der Waals surface area contributed by atoms with Gasteiger partial charge in [-0.3, -0.25) is 0 Å². The lowest BCUT2D eigenvalue weighted by atomic mass is 9.42. The summed E-state index contributed by atoms with van der Waals surface area (Å²) in [7, 11) is 0. The van der Waals surface area contributed by atoms with Crippen molar-refractivity contribution in [2.24, 2.45) is 34.5 Å². The van der Waals surface area contributed by atoms with Crippen molar-refractivity contribution >= 4 is 5.97 Å². The molecule has 8 atom stereocenters. The van der Waals surface area contributed by atoms with E-state index in [1.165, 1.54) is 70.6 Å². The largest absolute Gasteiger partial charge is 0.455 e. The molecule has 0 amide bonds. The standard InChI is InChI=1S/C31H50O3/c1-5-6-7-8-9-10-11-23-12-13-25-24-14-17-31(33)21-30(20-22(2)27(32)34-30)19-18-29(31,4)26(24)15-16-28(23,25)3/h23-26,33H,2,5-21H2,1,3-4H3/t23-,24-,25-,26-,28+,29+,30-,31+/m0/s1. The number of rotatable bonds is 7. The lowest BCUT2D eigenvalue weighted by molar-refractivity contribution is -0.238. The van der Waals surface area contributed by atoms with E-state index in [9.17, 15) is 9.90 Å². The zero-order chi connectivity index (χ0) is 24.2. The molecule has 4 aliphatic carbocycles. The molecule has 1 saturated heterocycles. The SMILES string of the molecule is C=C1C[C@]2(CC[C@]3(C)[C@H]4CC[C@]5(C)[C@@H](CCCCCCCC)CC[C@H]5[C@@H]4CC[C@@]3(O)C2)OC1=O. The van der Waals surface area contributed by atoms with Gasteiger partial charge in [-0.1, -0.05) is 65.9 Å². The third kappa shape index (κ3) is 3.82. The average Bonchev–Trinajstić information content (AvgIpc) is 3.27. The first-order chi connectivity index (χ1) is 16.2. The van der Waals surface area contributed by atoms with E-state index in [1.54, 1.807) is 0 Å². The van der Waals surface area contributed by atoms with Crippen molar-refractivity contribution in [2.75, 3.05) is 0 Å². The number of hydrogen-bond acceptors (Lipinski definition) is 3. The van der Waals surface area contributed by atoms with Crippen LogP contribution in [0, 0.1) is 34.5 Å². The quantitative estimate of drug-likeness (QED) is 0.235. The highest BCUT2D eigenvalue weighted by Crippen LogP contribution is 2.70. The van der Waals surface area contributed by atoms with Crippen molar-refractivity contribution in [3.8, 4) is 0 Å². The maximum Gasteiger partial charge on any atom is 0.334 e. The van der Waals surface area contributed by atoms with Crippen LogP contribution in [0.2, 0.25) is 0 Å². The van der Waals surface area contributed by atoms with Crippen molar-refractivity contribution in [2.45, 2.75) is 141 Å². The van der Waals surface area contributed by atoms with Gasteiger partial charge in [-0.2, -0.15) is 0 Å². The minimum absolute atomic E-state index is 0.0454. The number of ether oxygens (including phenoxy) is 1. The summed E-state index contributed by atoms with van der Waals surface area (Å²) >= 11 is 0. The maximum atomic E-state index is 12.1. The lowest BCUT2D eigenvalue weighted by Crippen LogP contribution is -2.64.